The molecule has 1 amide bonds. The maximum absolute atomic E-state index is 12.1. The third-order valence-electron chi connectivity index (χ3n) is 3.00. The maximum atomic E-state index is 12.1. The highest BCUT2D eigenvalue weighted by molar-refractivity contribution is 5.93. The molecule has 0 saturated heterocycles. The van der Waals surface area contributed by atoms with Gasteiger partial charge in [0, 0.05) is 25.5 Å². The van der Waals surface area contributed by atoms with Gasteiger partial charge in [0.2, 0.25) is 0 Å². The third kappa shape index (κ3) is 3.40. The summed E-state index contributed by atoms with van der Waals surface area (Å²) in [6.07, 6.45) is 6.51. The molecule has 0 unspecified atom stereocenters. The molecule has 6 nitrogen and oxygen atoms in total. The minimum atomic E-state index is -0.0981. The van der Waals surface area contributed by atoms with Gasteiger partial charge < -0.3 is 15.6 Å². The topological polar surface area (TPSA) is 77.9 Å². The minimum absolute atomic E-state index is 0.0981. The monoisotopic (exact) mass is 275 g/mol. The van der Waals surface area contributed by atoms with Crippen LogP contribution >= 0.6 is 0 Å². The summed E-state index contributed by atoms with van der Waals surface area (Å²) < 4.78 is 3.71. The molecule has 108 valence electrons. The van der Waals surface area contributed by atoms with Gasteiger partial charge in [0.05, 0.1) is 18.4 Å². The number of carbonyl (C=O) groups excluding carboxylic acids is 1. The molecular formula is C14H21N5O. The van der Waals surface area contributed by atoms with Gasteiger partial charge in [-0.3, -0.25) is 9.48 Å². The number of nitrogens with two attached hydrogens (primary N) is 1. The van der Waals surface area contributed by atoms with E-state index in [4.69, 9.17) is 5.73 Å². The van der Waals surface area contributed by atoms with E-state index >= 15 is 0 Å². The van der Waals surface area contributed by atoms with Crippen molar-refractivity contribution in [3.8, 4) is 0 Å². The summed E-state index contributed by atoms with van der Waals surface area (Å²) in [4.78, 5) is 12.1. The Labute approximate surface area is 118 Å². The van der Waals surface area contributed by atoms with Crippen molar-refractivity contribution in [3.63, 3.8) is 0 Å². The Morgan fingerprint density at radius 1 is 1.40 bits per heavy atom. The first-order valence-electron chi connectivity index (χ1n) is 6.83. The molecule has 2 aromatic rings. The number of hydrogen-bond donors (Lipinski definition) is 2. The largest absolute Gasteiger partial charge is 0.397 e. The van der Waals surface area contributed by atoms with E-state index in [1.807, 2.05) is 22.4 Å². The molecule has 0 atom stereocenters. The van der Waals surface area contributed by atoms with E-state index in [9.17, 15) is 4.79 Å². The number of nitrogens with one attached hydrogen (secondary N) is 1. The van der Waals surface area contributed by atoms with E-state index in [1.54, 1.807) is 18.5 Å². The molecule has 0 radical (unpaired) electrons. The molecule has 0 aliphatic carbocycles. The predicted molar refractivity (Wildman–Crippen MR) is 78.4 cm³/mol. The molecule has 6 heteroatoms. The average Bonchev–Trinajstić information content (AvgIpc) is 2.96. The summed E-state index contributed by atoms with van der Waals surface area (Å²) in [6, 6.07) is 1.71. The molecule has 0 bridgehead atoms. The van der Waals surface area contributed by atoms with Gasteiger partial charge in [-0.05, 0) is 25.0 Å². The van der Waals surface area contributed by atoms with Gasteiger partial charge in [0.1, 0.15) is 5.69 Å². The lowest BCUT2D eigenvalue weighted by molar-refractivity contribution is 0.0942. The molecule has 0 spiro atoms. The van der Waals surface area contributed by atoms with Crippen LogP contribution < -0.4 is 11.1 Å². The number of amides is 1. The number of nitrogen functional groups attached to an aromatic ring is 1. The molecule has 0 aromatic carbocycles. The summed E-state index contributed by atoms with van der Waals surface area (Å²) in [5.41, 5.74) is 8.10. The fourth-order valence-electron chi connectivity index (χ4n) is 2.11. The van der Waals surface area contributed by atoms with E-state index in [0.29, 0.717) is 24.5 Å². The third-order valence-corrected chi connectivity index (χ3v) is 3.00. The Balaban J connectivity index is 1.91. The van der Waals surface area contributed by atoms with Gasteiger partial charge in [-0.1, -0.05) is 6.92 Å². The van der Waals surface area contributed by atoms with E-state index < -0.39 is 0 Å². The maximum Gasteiger partial charge on any atom is 0.268 e. The summed E-state index contributed by atoms with van der Waals surface area (Å²) in [7, 11) is 0. The molecule has 2 aromatic heterocycles. The van der Waals surface area contributed by atoms with Crippen LogP contribution in [0.3, 0.4) is 0 Å². The Kier molecular flexibility index (Phi) is 4.45. The van der Waals surface area contributed by atoms with Gasteiger partial charge in [-0.25, -0.2) is 0 Å². The van der Waals surface area contributed by atoms with Gasteiger partial charge >= 0.3 is 0 Å². The number of hydrogen-bond acceptors (Lipinski definition) is 3. The Bertz CT molecular complexity index is 584. The number of aryl methyl sites for hydroxylation is 2. The molecule has 2 heterocycles. The van der Waals surface area contributed by atoms with Gasteiger partial charge in [0.15, 0.2) is 0 Å². The van der Waals surface area contributed by atoms with Crippen LogP contribution in [0.1, 0.15) is 29.4 Å². The van der Waals surface area contributed by atoms with Crippen molar-refractivity contribution in [1.29, 1.82) is 0 Å². The second-order valence-electron chi connectivity index (χ2n) is 4.89. The molecule has 20 heavy (non-hydrogen) atoms. The first-order chi connectivity index (χ1) is 9.60. The van der Waals surface area contributed by atoms with Crippen molar-refractivity contribution in [2.75, 3.05) is 12.3 Å². The van der Waals surface area contributed by atoms with Crippen molar-refractivity contribution in [1.82, 2.24) is 19.7 Å². The van der Waals surface area contributed by atoms with Crippen LogP contribution in [0.5, 0.6) is 0 Å². The molecule has 3 N–H and O–H groups in total. The number of aromatic nitrogens is 3. The van der Waals surface area contributed by atoms with Crippen LogP contribution in [0.15, 0.2) is 24.7 Å². The van der Waals surface area contributed by atoms with Gasteiger partial charge in [0.25, 0.3) is 5.91 Å². The zero-order valence-corrected chi connectivity index (χ0v) is 12.0. The van der Waals surface area contributed by atoms with Crippen molar-refractivity contribution in [2.45, 2.75) is 33.4 Å². The quantitative estimate of drug-likeness (QED) is 0.837. The molecule has 0 saturated carbocycles. The number of nitrogens with zero attached hydrogens (tertiary/aromatic N) is 3. The highest BCUT2D eigenvalue weighted by atomic mass is 16.1. The summed E-state index contributed by atoms with van der Waals surface area (Å²) in [5, 5.41) is 7.07. The van der Waals surface area contributed by atoms with Crippen molar-refractivity contribution < 1.29 is 4.79 Å². The van der Waals surface area contributed by atoms with Crippen LogP contribution in [0.25, 0.3) is 0 Å². The summed E-state index contributed by atoms with van der Waals surface area (Å²) in [6.45, 7) is 6.04. The van der Waals surface area contributed by atoms with Crippen LogP contribution in [0.2, 0.25) is 0 Å². The van der Waals surface area contributed by atoms with E-state index in [2.05, 4.69) is 17.3 Å². The van der Waals surface area contributed by atoms with E-state index in [-0.39, 0.29) is 5.91 Å². The van der Waals surface area contributed by atoms with Crippen LogP contribution in [-0.4, -0.2) is 26.8 Å². The predicted octanol–water partition coefficient (Wildman–Crippen LogP) is 1.42. The number of carbonyl (C=O) groups is 1. The van der Waals surface area contributed by atoms with Gasteiger partial charge in [-0.2, -0.15) is 5.10 Å². The normalized spacial score (nSPS) is 10.7. The lowest BCUT2D eigenvalue weighted by atomic mass is 10.3. The zero-order valence-electron chi connectivity index (χ0n) is 12.0. The van der Waals surface area contributed by atoms with Crippen LogP contribution in [0.4, 0.5) is 5.69 Å². The lowest BCUT2D eigenvalue weighted by Crippen LogP contribution is -2.29. The van der Waals surface area contributed by atoms with Gasteiger partial charge in [-0.15, -0.1) is 0 Å². The Hall–Kier alpha value is -2.24. The molecular weight excluding hydrogens is 254 g/mol. The SMILES string of the molecule is CCCn1cc(N)cc1C(=O)NCCn1cc(C)cn1. The standard InChI is InChI=1S/C14H21N5O/c1-3-5-18-10-12(15)7-13(18)14(20)16-4-6-19-9-11(2)8-17-19/h7-10H,3-6,15H2,1-2H3,(H,16,20). The number of rotatable bonds is 6. The van der Waals surface area contributed by atoms with Crippen molar-refractivity contribution >= 4 is 11.6 Å². The Morgan fingerprint density at radius 2 is 2.20 bits per heavy atom. The highest BCUT2D eigenvalue weighted by Crippen LogP contribution is 2.11. The second kappa shape index (κ2) is 6.27. The van der Waals surface area contributed by atoms with E-state index in [0.717, 1.165) is 18.5 Å². The first kappa shape index (κ1) is 14.2. The van der Waals surface area contributed by atoms with Crippen molar-refractivity contribution in [2.24, 2.45) is 0 Å². The van der Waals surface area contributed by atoms with E-state index in [1.165, 1.54) is 0 Å². The smallest absolute Gasteiger partial charge is 0.268 e. The summed E-state index contributed by atoms with van der Waals surface area (Å²) >= 11 is 0. The molecule has 0 aliphatic rings. The zero-order chi connectivity index (χ0) is 14.5. The lowest BCUT2D eigenvalue weighted by Gasteiger charge is -2.08. The highest BCUT2D eigenvalue weighted by Gasteiger charge is 2.11. The van der Waals surface area contributed by atoms with Crippen LogP contribution in [0, 0.1) is 6.92 Å². The summed E-state index contributed by atoms with van der Waals surface area (Å²) in [5.74, 6) is -0.0981. The molecule has 0 fully saturated rings. The van der Waals surface area contributed by atoms with Crippen molar-refractivity contribution in [3.05, 3.63) is 35.9 Å². The number of anilines is 1. The fourth-order valence-corrected chi connectivity index (χ4v) is 2.11. The molecule has 2 rings (SSSR count). The average molecular weight is 275 g/mol. The fraction of sp³-hybridized carbons (Fsp3) is 0.429. The second-order valence-corrected chi connectivity index (χ2v) is 4.89. The first-order valence-corrected chi connectivity index (χ1v) is 6.83. The minimum Gasteiger partial charge on any atom is -0.397 e. The molecule has 0 aliphatic heterocycles. The Morgan fingerprint density at radius 3 is 2.85 bits per heavy atom. The van der Waals surface area contributed by atoms with Crippen LogP contribution in [-0.2, 0) is 13.1 Å².